The predicted octanol–water partition coefficient (Wildman–Crippen LogP) is 2.36. The number of nitriles is 2. The first-order chi connectivity index (χ1) is 9.31. The number of nitrogens with zero attached hydrogens (tertiary/aromatic N) is 2. The minimum absolute atomic E-state index is 0.253. The average Bonchev–Trinajstić information content (AvgIpc) is 2.46. The molecule has 0 aromatic heterocycles. The van der Waals surface area contributed by atoms with Crippen molar-refractivity contribution in [2.45, 2.75) is 19.1 Å². The largest absolute Gasteiger partial charge is 0.347 e. The van der Waals surface area contributed by atoms with Gasteiger partial charge in [0, 0.05) is 11.1 Å². The highest BCUT2D eigenvalue weighted by Crippen LogP contribution is 2.19. The van der Waals surface area contributed by atoms with Crippen LogP contribution in [0.2, 0.25) is 0 Å². The third kappa shape index (κ3) is 5.31. The number of rotatable bonds is 8. The molecule has 1 rings (SSSR count). The van der Waals surface area contributed by atoms with Gasteiger partial charge in [0.2, 0.25) is 0 Å². The van der Waals surface area contributed by atoms with Crippen LogP contribution in [0.4, 0.5) is 0 Å². The van der Waals surface area contributed by atoms with Crippen LogP contribution in [0.25, 0.3) is 0 Å². The number of ether oxygens (including phenoxy) is 2. The topological polar surface area (TPSA) is 83.1 Å². The molecule has 1 aromatic rings. The van der Waals surface area contributed by atoms with Gasteiger partial charge < -0.3 is 9.47 Å². The second kappa shape index (κ2) is 8.82. The predicted molar refractivity (Wildman–Crippen MR) is 66.9 cm³/mol. The number of aldehydes is 1. The molecule has 5 nitrogen and oxygen atoms in total. The van der Waals surface area contributed by atoms with Crippen molar-refractivity contribution in [2.75, 3.05) is 13.2 Å². The molecule has 0 spiro atoms. The molecule has 1 aromatic carbocycles. The normalized spacial score (nSPS) is 9.84. The molecule has 0 heterocycles. The molecule has 0 aliphatic heterocycles. The fraction of sp³-hybridized carbons (Fsp3) is 0.357. The van der Waals surface area contributed by atoms with Gasteiger partial charge in [0.05, 0.1) is 38.2 Å². The molecule has 0 atom stereocenters. The summed E-state index contributed by atoms with van der Waals surface area (Å²) in [5, 5.41) is 17.0. The molecule has 0 radical (unpaired) electrons. The summed E-state index contributed by atoms with van der Waals surface area (Å²) in [4.78, 5) is 10.6. The maximum absolute atomic E-state index is 10.6. The second-order valence-electron chi connectivity index (χ2n) is 3.67. The molecular weight excluding hydrogens is 244 g/mol. The minimum atomic E-state index is -0.623. The van der Waals surface area contributed by atoms with E-state index >= 15 is 0 Å². The molecule has 0 N–H and O–H groups in total. The van der Waals surface area contributed by atoms with E-state index in [1.54, 1.807) is 24.3 Å². The Morgan fingerprint density at radius 1 is 1.05 bits per heavy atom. The molecule has 0 aliphatic carbocycles. The fourth-order valence-corrected chi connectivity index (χ4v) is 1.40. The summed E-state index contributed by atoms with van der Waals surface area (Å²) in [5.41, 5.74) is 1.32. The number of carbonyl (C=O) groups is 1. The van der Waals surface area contributed by atoms with E-state index in [4.69, 9.17) is 20.0 Å². The van der Waals surface area contributed by atoms with Crippen LogP contribution < -0.4 is 0 Å². The Morgan fingerprint density at radius 3 is 2.00 bits per heavy atom. The van der Waals surface area contributed by atoms with E-state index in [9.17, 15) is 4.79 Å². The van der Waals surface area contributed by atoms with E-state index in [1.807, 2.05) is 12.1 Å². The minimum Gasteiger partial charge on any atom is -0.347 e. The van der Waals surface area contributed by atoms with Gasteiger partial charge in [0.1, 0.15) is 6.29 Å². The number of hydrogen-bond donors (Lipinski definition) is 0. The first-order valence-electron chi connectivity index (χ1n) is 5.84. The Hall–Kier alpha value is -2.21. The first kappa shape index (κ1) is 14.8. The highest BCUT2D eigenvalue weighted by molar-refractivity contribution is 5.74. The molecule has 0 aliphatic rings. The number of benzene rings is 1. The van der Waals surface area contributed by atoms with E-state index in [0.717, 1.165) is 11.8 Å². The molecule has 0 amide bonds. The molecule has 0 unspecified atom stereocenters. The lowest BCUT2D eigenvalue weighted by atomic mass is 10.1. The number of hydrogen-bond acceptors (Lipinski definition) is 5. The summed E-state index contributed by atoms with van der Waals surface area (Å²) in [5.74, 6) is 0. The fourth-order valence-electron chi connectivity index (χ4n) is 1.40. The van der Waals surface area contributed by atoms with Crippen LogP contribution >= 0.6 is 0 Å². The highest BCUT2D eigenvalue weighted by atomic mass is 16.7. The Balaban J connectivity index is 2.67. The molecule has 98 valence electrons. The van der Waals surface area contributed by atoms with E-state index in [-0.39, 0.29) is 26.1 Å². The average molecular weight is 258 g/mol. The standard InChI is InChI=1S/C14H14N2O3/c15-7-1-9-18-14(19-10-2-8-16)13-5-3-12(11-17)4-6-13/h3-6,11,14H,1-2,9-10H2. The van der Waals surface area contributed by atoms with Gasteiger partial charge >= 0.3 is 0 Å². The lowest BCUT2D eigenvalue weighted by molar-refractivity contribution is -0.144. The van der Waals surface area contributed by atoms with Crippen molar-refractivity contribution in [3.05, 3.63) is 35.4 Å². The zero-order valence-electron chi connectivity index (χ0n) is 10.4. The lowest BCUT2D eigenvalue weighted by Gasteiger charge is -2.17. The van der Waals surface area contributed by atoms with Crippen LogP contribution in [0.5, 0.6) is 0 Å². The van der Waals surface area contributed by atoms with Crippen LogP contribution in [-0.2, 0) is 9.47 Å². The van der Waals surface area contributed by atoms with Gasteiger partial charge in [-0.1, -0.05) is 24.3 Å². The highest BCUT2D eigenvalue weighted by Gasteiger charge is 2.12. The summed E-state index contributed by atoms with van der Waals surface area (Å²) < 4.78 is 10.9. The van der Waals surface area contributed by atoms with Crippen molar-refractivity contribution in [3.63, 3.8) is 0 Å². The third-order valence-corrected chi connectivity index (χ3v) is 2.31. The molecule has 0 saturated carbocycles. The van der Waals surface area contributed by atoms with Gasteiger partial charge in [-0.15, -0.1) is 0 Å². The Labute approximate surface area is 112 Å². The van der Waals surface area contributed by atoms with Crippen molar-refractivity contribution in [3.8, 4) is 12.1 Å². The lowest BCUT2D eigenvalue weighted by Crippen LogP contribution is -2.10. The summed E-state index contributed by atoms with van der Waals surface area (Å²) in [6.45, 7) is 0.506. The number of carbonyl (C=O) groups excluding carboxylic acids is 1. The van der Waals surface area contributed by atoms with Crippen molar-refractivity contribution >= 4 is 6.29 Å². The van der Waals surface area contributed by atoms with Crippen LogP contribution in [0, 0.1) is 22.7 Å². The van der Waals surface area contributed by atoms with Gasteiger partial charge in [-0.3, -0.25) is 4.79 Å². The monoisotopic (exact) mass is 258 g/mol. The molecule has 19 heavy (non-hydrogen) atoms. The third-order valence-electron chi connectivity index (χ3n) is 2.31. The van der Waals surface area contributed by atoms with Gasteiger partial charge in [-0.2, -0.15) is 10.5 Å². The summed E-state index contributed by atoms with van der Waals surface area (Å²) >= 11 is 0. The van der Waals surface area contributed by atoms with Crippen molar-refractivity contribution < 1.29 is 14.3 Å². The summed E-state index contributed by atoms with van der Waals surface area (Å²) in [6.07, 6.45) is 0.670. The zero-order valence-corrected chi connectivity index (χ0v) is 10.4. The van der Waals surface area contributed by atoms with E-state index in [1.165, 1.54) is 0 Å². The van der Waals surface area contributed by atoms with E-state index in [0.29, 0.717) is 5.56 Å². The smallest absolute Gasteiger partial charge is 0.183 e. The van der Waals surface area contributed by atoms with Gasteiger partial charge in [-0.25, -0.2) is 0 Å². The molecular formula is C14H14N2O3. The zero-order chi connectivity index (χ0) is 13.9. The van der Waals surface area contributed by atoms with E-state index < -0.39 is 6.29 Å². The summed E-state index contributed by atoms with van der Waals surface area (Å²) in [7, 11) is 0. The van der Waals surface area contributed by atoms with Crippen LogP contribution in [0.1, 0.15) is 35.1 Å². The molecule has 0 fully saturated rings. The molecule has 0 bridgehead atoms. The van der Waals surface area contributed by atoms with Gasteiger partial charge in [-0.05, 0) is 0 Å². The maximum Gasteiger partial charge on any atom is 0.183 e. The SMILES string of the molecule is N#CCCOC(OCCC#N)c1ccc(C=O)cc1. The summed E-state index contributed by atoms with van der Waals surface area (Å²) in [6, 6.07) is 10.7. The van der Waals surface area contributed by atoms with Crippen molar-refractivity contribution in [1.29, 1.82) is 10.5 Å². The van der Waals surface area contributed by atoms with E-state index in [2.05, 4.69) is 0 Å². The van der Waals surface area contributed by atoms with Crippen LogP contribution in [-0.4, -0.2) is 19.5 Å². The van der Waals surface area contributed by atoms with Gasteiger partial charge in [0.15, 0.2) is 6.29 Å². The quantitative estimate of drug-likeness (QED) is 0.406. The van der Waals surface area contributed by atoms with Crippen molar-refractivity contribution in [2.24, 2.45) is 0 Å². The second-order valence-corrected chi connectivity index (χ2v) is 3.67. The maximum atomic E-state index is 10.6. The van der Waals surface area contributed by atoms with Crippen molar-refractivity contribution in [1.82, 2.24) is 0 Å². The first-order valence-corrected chi connectivity index (χ1v) is 5.84. The Morgan fingerprint density at radius 2 is 1.58 bits per heavy atom. The Bertz CT molecular complexity index is 451. The van der Waals surface area contributed by atoms with Crippen LogP contribution in [0.15, 0.2) is 24.3 Å². The van der Waals surface area contributed by atoms with Crippen LogP contribution in [0.3, 0.4) is 0 Å². The van der Waals surface area contributed by atoms with Gasteiger partial charge in [0.25, 0.3) is 0 Å². The molecule has 5 heteroatoms. The molecule has 0 saturated heterocycles. The Kier molecular flexibility index (Phi) is 6.89.